The van der Waals surface area contributed by atoms with Crippen LogP contribution in [0.15, 0.2) is 30.3 Å². The molecule has 2 aromatic heterocycles. The molecule has 0 aliphatic rings. The van der Waals surface area contributed by atoms with Gasteiger partial charge in [0.05, 0.1) is 11.3 Å². The zero-order chi connectivity index (χ0) is 18.9. The van der Waals surface area contributed by atoms with Crippen molar-refractivity contribution in [3.8, 4) is 17.2 Å². The molecule has 0 spiro atoms. The molecule has 0 amide bonds. The van der Waals surface area contributed by atoms with Crippen molar-refractivity contribution in [2.45, 2.75) is 32.4 Å². The molecule has 2 heterocycles. The Hall–Kier alpha value is -2.35. The van der Waals surface area contributed by atoms with Crippen LogP contribution in [-0.4, -0.2) is 24.5 Å². The summed E-state index contributed by atoms with van der Waals surface area (Å²) in [7, 11) is 1.70. The quantitative estimate of drug-likeness (QED) is 0.642. The lowest BCUT2D eigenvalue weighted by Crippen LogP contribution is -2.06. The summed E-state index contributed by atoms with van der Waals surface area (Å²) in [5.74, 6) is 1.06. The van der Waals surface area contributed by atoms with E-state index in [4.69, 9.17) is 11.6 Å². The van der Waals surface area contributed by atoms with Gasteiger partial charge in [-0.3, -0.25) is 4.68 Å². The Labute approximate surface area is 153 Å². The van der Waals surface area contributed by atoms with Crippen LogP contribution < -0.4 is 0 Å². The molecular weight excluding hydrogens is 367 g/mol. The second-order valence-electron chi connectivity index (χ2n) is 5.89. The monoisotopic (exact) mass is 383 g/mol. The molecule has 0 bridgehead atoms. The number of halogens is 4. The fraction of sp³-hybridized carbons (Fsp3) is 0.353. The first-order chi connectivity index (χ1) is 12.3. The van der Waals surface area contributed by atoms with Gasteiger partial charge in [0.1, 0.15) is 10.8 Å². The van der Waals surface area contributed by atoms with Gasteiger partial charge in [0.25, 0.3) is 0 Å². The van der Waals surface area contributed by atoms with Crippen molar-refractivity contribution < 1.29 is 13.2 Å². The Kier molecular flexibility index (Phi) is 5.04. The van der Waals surface area contributed by atoms with Gasteiger partial charge in [0.15, 0.2) is 11.6 Å². The van der Waals surface area contributed by atoms with Crippen LogP contribution in [0.25, 0.3) is 17.2 Å². The Morgan fingerprint density at radius 1 is 1.12 bits per heavy atom. The van der Waals surface area contributed by atoms with E-state index in [9.17, 15) is 13.2 Å². The van der Waals surface area contributed by atoms with Gasteiger partial charge < -0.3 is 0 Å². The third-order valence-corrected chi connectivity index (χ3v) is 4.25. The van der Waals surface area contributed by atoms with Gasteiger partial charge in [0, 0.05) is 19.5 Å². The highest BCUT2D eigenvalue weighted by Gasteiger charge is 2.30. The summed E-state index contributed by atoms with van der Waals surface area (Å²) in [5, 5.41) is 9.18. The number of benzene rings is 1. The molecule has 0 fully saturated rings. The van der Waals surface area contributed by atoms with E-state index < -0.39 is 11.7 Å². The largest absolute Gasteiger partial charge is 0.416 e. The van der Waals surface area contributed by atoms with Gasteiger partial charge in [-0.15, -0.1) is 0 Å². The van der Waals surface area contributed by atoms with Crippen LogP contribution in [0.5, 0.6) is 0 Å². The van der Waals surface area contributed by atoms with Crippen molar-refractivity contribution in [1.29, 1.82) is 0 Å². The van der Waals surface area contributed by atoms with E-state index in [1.165, 1.54) is 21.5 Å². The molecule has 0 atom stereocenters. The number of aromatic nitrogens is 5. The zero-order valence-electron chi connectivity index (χ0n) is 14.3. The van der Waals surface area contributed by atoms with Gasteiger partial charge in [-0.05, 0) is 30.7 Å². The number of unbranched alkanes of at least 4 members (excludes halogenated alkanes) is 1. The zero-order valence-corrected chi connectivity index (χ0v) is 15.0. The smallest absolute Gasteiger partial charge is 0.256 e. The summed E-state index contributed by atoms with van der Waals surface area (Å²) in [5.41, 5.74) is 0.271. The second-order valence-corrected chi connectivity index (χ2v) is 6.27. The standard InChI is InChI=1S/C17H17ClF3N5/c1-3-4-5-15-22-16(13-10-14(18)25(2)23-13)26(24-15)12-8-6-11(7-9-12)17(19,20)21/h6-10H,3-5H2,1-2H3. The first-order valence-corrected chi connectivity index (χ1v) is 8.51. The highest BCUT2D eigenvalue weighted by Crippen LogP contribution is 2.30. The summed E-state index contributed by atoms with van der Waals surface area (Å²) in [6, 6.07) is 6.44. The lowest BCUT2D eigenvalue weighted by Gasteiger charge is -2.08. The minimum Gasteiger partial charge on any atom is -0.256 e. The predicted octanol–water partition coefficient (Wildman–Crippen LogP) is 4.68. The average molecular weight is 384 g/mol. The molecule has 0 aliphatic carbocycles. The SMILES string of the molecule is CCCCc1nc(-c2cc(Cl)n(C)n2)n(-c2ccc(C(F)(F)F)cc2)n1. The fourth-order valence-corrected chi connectivity index (χ4v) is 2.63. The number of rotatable bonds is 5. The van der Waals surface area contributed by atoms with Crippen molar-refractivity contribution in [3.05, 3.63) is 46.9 Å². The molecule has 0 unspecified atom stereocenters. The van der Waals surface area contributed by atoms with Crippen molar-refractivity contribution in [3.63, 3.8) is 0 Å². The summed E-state index contributed by atoms with van der Waals surface area (Å²) < 4.78 is 41.4. The lowest BCUT2D eigenvalue weighted by atomic mass is 10.2. The number of aryl methyl sites for hydroxylation is 2. The van der Waals surface area contributed by atoms with E-state index in [1.807, 2.05) is 0 Å². The number of hydrogen-bond donors (Lipinski definition) is 0. The molecule has 3 rings (SSSR count). The third-order valence-electron chi connectivity index (χ3n) is 3.90. The second kappa shape index (κ2) is 7.11. The van der Waals surface area contributed by atoms with Gasteiger partial charge >= 0.3 is 6.18 Å². The van der Waals surface area contributed by atoms with Crippen LogP contribution in [-0.2, 0) is 19.6 Å². The number of hydrogen-bond acceptors (Lipinski definition) is 3. The number of nitrogens with zero attached hydrogens (tertiary/aromatic N) is 5. The molecule has 0 saturated carbocycles. The molecule has 5 nitrogen and oxygen atoms in total. The molecule has 0 aliphatic heterocycles. The van der Waals surface area contributed by atoms with Crippen LogP contribution in [0.2, 0.25) is 5.15 Å². The predicted molar refractivity (Wildman–Crippen MR) is 92.2 cm³/mol. The van der Waals surface area contributed by atoms with Crippen molar-refractivity contribution in [2.24, 2.45) is 7.05 Å². The van der Waals surface area contributed by atoms with Gasteiger partial charge in [0.2, 0.25) is 0 Å². The van der Waals surface area contributed by atoms with Gasteiger partial charge in [-0.1, -0.05) is 24.9 Å². The highest BCUT2D eigenvalue weighted by molar-refractivity contribution is 6.29. The van der Waals surface area contributed by atoms with E-state index in [-0.39, 0.29) is 0 Å². The average Bonchev–Trinajstić information content (AvgIpc) is 3.16. The van der Waals surface area contributed by atoms with Crippen LogP contribution in [0.1, 0.15) is 31.2 Å². The first kappa shape index (κ1) is 18.4. The summed E-state index contributed by atoms with van der Waals surface area (Å²) in [6.45, 7) is 2.06. The van der Waals surface area contributed by atoms with Crippen LogP contribution in [0, 0.1) is 0 Å². The van der Waals surface area contributed by atoms with Crippen molar-refractivity contribution in [1.82, 2.24) is 24.5 Å². The highest BCUT2D eigenvalue weighted by atomic mass is 35.5. The first-order valence-electron chi connectivity index (χ1n) is 8.13. The minimum absolute atomic E-state index is 0.428. The normalized spacial score (nSPS) is 11.9. The van der Waals surface area contributed by atoms with E-state index in [1.54, 1.807) is 13.1 Å². The molecule has 0 radical (unpaired) electrons. The minimum atomic E-state index is -4.38. The summed E-state index contributed by atoms with van der Waals surface area (Å²) in [4.78, 5) is 4.52. The van der Waals surface area contributed by atoms with E-state index >= 15 is 0 Å². The van der Waals surface area contributed by atoms with E-state index in [0.717, 1.165) is 25.0 Å². The summed E-state index contributed by atoms with van der Waals surface area (Å²) in [6.07, 6.45) is -1.80. The molecular formula is C17H17ClF3N5. The maximum Gasteiger partial charge on any atom is 0.416 e. The van der Waals surface area contributed by atoms with Crippen LogP contribution in [0.3, 0.4) is 0 Å². The Bertz CT molecular complexity index is 877. The van der Waals surface area contributed by atoms with Gasteiger partial charge in [-0.2, -0.15) is 23.4 Å². The topological polar surface area (TPSA) is 48.5 Å². The Morgan fingerprint density at radius 3 is 2.35 bits per heavy atom. The van der Waals surface area contributed by atoms with Crippen molar-refractivity contribution in [2.75, 3.05) is 0 Å². The Morgan fingerprint density at radius 2 is 1.81 bits per heavy atom. The number of alkyl halides is 3. The molecule has 3 aromatic rings. The van der Waals surface area contributed by atoms with Crippen LogP contribution in [0.4, 0.5) is 13.2 Å². The molecule has 0 saturated heterocycles. The van der Waals surface area contributed by atoms with E-state index in [2.05, 4.69) is 22.1 Å². The maximum atomic E-state index is 12.8. The maximum absolute atomic E-state index is 12.8. The molecule has 26 heavy (non-hydrogen) atoms. The molecule has 0 N–H and O–H groups in total. The molecule has 1 aromatic carbocycles. The molecule has 138 valence electrons. The Balaban J connectivity index is 2.05. The van der Waals surface area contributed by atoms with E-state index in [0.29, 0.717) is 34.6 Å². The summed E-state index contributed by atoms with van der Waals surface area (Å²) >= 11 is 6.06. The molecule has 9 heteroatoms. The fourth-order valence-electron chi connectivity index (χ4n) is 2.49. The van der Waals surface area contributed by atoms with Crippen LogP contribution >= 0.6 is 11.6 Å². The van der Waals surface area contributed by atoms with Crippen molar-refractivity contribution >= 4 is 11.6 Å². The third kappa shape index (κ3) is 3.75. The lowest BCUT2D eigenvalue weighted by molar-refractivity contribution is -0.137. The van der Waals surface area contributed by atoms with Gasteiger partial charge in [-0.25, -0.2) is 9.67 Å².